The number of aliphatic imine (C=N–C) groups is 1. The number of benzene rings is 1. The molecule has 1 aromatic carbocycles. The molecule has 9 heteroatoms. The molecule has 142 valence electrons. The number of amidine groups is 1. The summed E-state index contributed by atoms with van der Waals surface area (Å²) in [5.41, 5.74) is -0.669. The normalized spacial score (nSPS) is 12.2. The molecule has 0 aliphatic heterocycles. The molecule has 0 amide bonds. The van der Waals surface area contributed by atoms with Crippen LogP contribution in [-0.2, 0) is 14.1 Å². The molecule has 0 N–H and O–H groups in total. The minimum Gasteiger partial charge on any atom is -0.366 e. The van der Waals surface area contributed by atoms with E-state index in [0.717, 1.165) is 10.8 Å². The molecule has 1 aromatic heterocycles. The number of hydrogen-bond acceptors (Lipinski definition) is 5. The molecular weight excluding hydrogens is 350 g/mol. The van der Waals surface area contributed by atoms with E-state index in [9.17, 15) is 19.7 Å². The molecule has 0 spiro atoms. The third-order valence-electron chi connectivity index (χ3n) is 4.14. The van der Waals surface area contributed by atoms with Crippen LogP contribution in [0.25, 0.3) is 5.57 Å². The Morgan fingerprint density at radius 3 is 2.26 bits per heavy atom. The van der Waals surface area contributed by atoms with Gasteiger partial charge in [0.2, 0.25) is 6.20 Å². The van der Waals surface area contributed by atoms with E-state index in [0.29, 0.717) is 11.4 Å². The van der Waals surface area contributed by atoms with E-state index in [1.807, 2.05) is 0 Å². The second kappa shape index (κ2) is 7.81. The zero-order valence-electron chi connectivity index (χ0n) is 15.8. The van der Waals surface area contributed by atoms with Gasteiger partial charge in [0.15, 0.2) is 5.82 Å². The average molecular weight is 371 g/mol. The molecule has 0 saturated carbocycles. The maximum atomic E-state index is 12.9. The molecule has 27 heavy (non-hydrogen) atoms. The van der Waals surface area contributed by atoms with Gasteiger partial charge < -0.3 is 4.90 Å². The Bertz CT molecular complexity index is 1050. The van der Waals surface area contributed by atoms with Crippen LogP contribution in [0.5, 0.6) is 0 Å². The van der Waals surface area contributed by atoms with E-state index in [1.165, 1.54) is 18.7 Å². The highest BCUT2D eigenvalue weighted by Crippen LogP contribution is 2.28. The first-order chi connectivity index (χ1) is 12.6. The predicted molar refractivity (Wildman–Crippen MR) is 104 cm³/mol. The van der Waals surface area contributed by atoms with Gasteiger partial charge in [0.25, 0.3) is 5.56 Å². The Morgan fingerprint density at radius 1 is 1.15 bits per heavy atom. The molecule has 0 aliphatic rings. The highest BCUT2D eigenvalue weighted by Gasteiger charge is 2.23. The predicted octanol–water partition coefficient (Wildman–Crippen LogP) is 1.36. The molecule has 0 unspecified atom stereocenters. The monoisotopic (exact) mass is 371 g/mol. The summed E-state index contributed by atoms with van der Waals surface area (Å²) in [6.45, 7) is 1.71. The van der Waals surface area contributed by atoms with Crippen LogP contribution < -0.4 is 11.2 Å². The van der Waals surface area contributed by atoms with Crippen LogP contribution in [0.2, 0.25) is 0 Å². The second-order valence-electron chi connectivity index (χ2n) is 6.15. The van der Waals surface area contributed by atoms with E-state index in [4.69, 9.17) is 0 Å². The molecule has 9 nitrogen and oxygen atoms in total. The topological polar surface area (TPSA) is 103 Å². The van der Waals surface area contributed by atoms with Crippen molar-refractivity contribution in [3.63, 3.8) is 0 Å². The second-order valence-corrected chi connectivity index (χ2v) is 6.15. The Morgan fingerprint density at radius 2 is 1.74 bits per heavy atom. The highest BCUT2D eigenvalue weighted by molar-refractivity contribution is 5.87. The van der Waals surface area contributed by atoms with Gasteiger partial charge in [0.1, 0.15) is 5.84 Å². The van der Waals surface area contributed by atoms with Crippen LogP contribution in [0.1, 0.15) is 18.1 Å². The quantitative estimate of drug-likeness (QED) is 0.349. The SMILES string of the molecule is C/C(=N\c1c(/C(=C/[N+](=O)[O-])c2ccccc2)c(=O)n(C)c(=O)n1C)N(C)C. The standard InChI is InChI=1S/C18H21N5O4/c1-12(20(2)3)19-16-15(17(24)22(5)18(25)21(16)4)14(11-23(26)27)13-9-7-6-8-10-13/h6-11H,1-5H3/b14-11+,19-12+. The number of aromatic nitrogens is 2. The number of nitrogens with zero attached hydrogens (tertiary/aromatic N) is 5. The molecule has 2 aromatic rings. The Kier molecular flexibility index (Phi) is 5.74. The fraction of sp³-hybridized carbons (Fsp3) is 0.278. The number of rotatable bonds is 4. The summed E-state index contributed by atoms with van der Waals surface area (Å²) in [5, 5.41) is 11.3. The van der Waals surface area contributed by atoms with Crippen LogP contribution in [0.3, 0.4) is 0 Å². The fourth-order valence-electron chi connectivity index (χ4n) is 2.46. The van der Waals surface area contributed by atoms with Gasteiger partial charge in [0.05, 0.1) is 16.1 Å². The summed E-state index contributed by atoms with van der Waals surface area (Å²) in [4.78, 5) is 42.0. The summed E-state index contributed by atoms with van der Waals surface area (Å²) in [7, 11) is 6.34. The smallest absolute Gasteiger partial charge is 0.332 e. The van der Waals surface area contributed by atoms with Gasteiger partial charge in [-0.25, -0.2) is 9.79 Å². The lowest BCUT2D eigenvalue weighted by Gasteiger charge is -2.16. The van der Waals surface area contributed by atoms with Gasteiger partial charge in [-0.15, -0.1) is 0 Å². The summed E-state index contributed by atoms with van der Waals surface area (Å²) >= 11 is 0. The summed E-state index contributed by atoms with van der Waals surface area (Å²) in [6, 6.07) is 8.51. The minimum absolute atomic E-state index is 0.0105. The Balaban J connectivity index is 3.00. The van der Waals surface area contributed by atoms with Crippen molar-refractivity contribution in [1.82, 2.24) is 14.0 Å². The summed E-state index contributed by atoms with van der Waals surface area (Å²) < 4.78 is 2.12. The average Bonchev–Trinajstić information content (AvgIpc) is 2.63. The maximum absolute atomic E-state index is 12.9. The summed E-state index contributed by atoms with van der Waals surface area (Å²) in [6.07, 6.45) is 0.764. The van der Waals surface area contributed by atoms with Crippen molar-refractivity contribution in [2.24, 2.45) is 19.1 Å². The molecule has 0 saturated heterocycles. The van der Waals surface area contributed by atoms with E-state index in [1.54, 1.807) is 56.3 Å². The molecule has 0 atom stereocenters. The number of hydrogen-bond donors (Lipinski definition) is 0. The molecule has 0 fully saturated rings. The Labute approximate surface area is 155 Å². The van der Waals surface area contributed by atoms with Crippen LogP contribution in [0, 0.1) is 10.1 Å². The molecule has 0 aliphatic carbocycles. The first-order valence-electron chi connectivity index (χ1n) is 8.09. The van der Waals surface area contributed by atoms with E-state index in [2.05, 4.69) is 4.99 Å². The van der Waals surface area contributed by atoms with Crippen molar-refractivity contribution in [3.05, 3.63) is 78.6 Å². The first kappa shape index (κ1) is 19.8. The lowest BCUT2D eigenvalue weighted by atomic mass is 10.00. The van der Waals surface area contributed by atoms with Gasteiger partial charge in [0, 0.05) is 28.2 Å². The number of nitro groups is 1. The van der Waals surface area contributed by atoms with E-state index < -0.39 is 16.2 Å². The lowest BCUT2D eigenvalue weighted by molar-refractivity contribution is -0.401. The highest BCUT2D eigenvalue weighted by atomic mass is 16.6. The van der Waals surface area contributed by atoms with Gasteiger partial charge >= 0.3 is 5.69 Å². The van der Waals surface area contributed by atoms with Gasteiger partial charge in [-0.3, -0.25) is 24.0 Å². The molecule has 0 bridgehead atoms. The van der Waals surface area contributed by atoms with Crippen LogP contribution in [-0.4, -0.2) is 38.9 Å². The maximum Gasteiger partial charge on any atom is 0.332 e. The minimum atomic E-state index is -0.652. The van der Waals surface area contributed by atoms with Gasteiger partial charge in [-0.1, -0.05) is 30.3 Å². The first-order valence-corrected chi connectivity index (χ1v) is 8.09. The molecule has 1 heterocycles. The Hall–Kier alpha value is -3.49. The van der Waals surface area contributed by atoms with Crippen molar-refractivity contribution in [2.75, 3.05) is 14.1 Å². The largest absolute Gasteiger partial charge is 0.366 e. The fourth-order valence-corrected chi connectivity index (χ4v) is 2.46. The van der Waals surface area contributed by atoms with Crippen molar-refractivity contribution in [1.29, 1.82) is 0 Å². The summed E-state index contributed by atoms with van der Waals surface area (Å²) in [5.74, 6) is 0.597. The van der Waals surface area contributed by atoms with Crippen LogP contribution >= 0.6 is 0 Å². The van der Waals surface area contributed by atoms with Gasteiger partial charge in [-0.2, -0.15) is 0 Å². The molecule has 2 rings (SSSR count). The van der Waals surface area contributed by atoms with E-state index >= 15 is 0 Å². The van der Waals surface area contributed by atoms with Crippen molar-refractivity contribution in [3.8, 4) is 0 Å². The zero-order chi connectivity index (χ0) is 20.3. The van der Waals surface area contributed by atoms with Crippen LogP contribution in [0.15, 0.2) is 51.1 Å². The molecule has 0 radical (unpaired) electrons. The van der Waals surface area contributed by atoms with Crippen molar-refractivity contribution in [2.45, 2.75) is 6.92 Å². The van der Waals surface area contributed by atoms with Crippen molar-refractivity contribution >= 4 is 17.2 Å². The third kappa shape index (κ3) is 4.02. The van der Waals surface area contributed by atoms with Gasteiger partial charge in [-0.05, 0) is 12.5 Å². The van der Waals surface area contributed by atoms with Crippen LogP contribution in [0.4, 0.5) is 5.82 Å². The zero-order valence-corrected chi connectivity index (χ0v) is 15.8. The van der Waals surface area contributed by atoms with Crippen molar-refractivity contribution < 1.29 is 4.92 Å². The third-order valence-corrected chi connectivity index (χ3v) is 4.14. The van der Waals surface area contributed by atoms with E-state index in [-0.39, 0.29) is 17.0 Å². The molecular formula is C18H21N5O4. The lowest BCUT2D eigenvalue weighted by Crippen LogP contribution is -2.39.